The molecule has 2 aromatic rings. The Morgan fingerprint density at radius 2 is 1.68 bits per heavy atom. The largest absolute Gasteiger partial charge is 0.309 e. The molecular weight excluding hydrogens is 434 g/mol. The van der Waals surface area contributed by atoms with Gasteiger partial charge in [-0.25, -0.2) is 8.42 Å². The topological polar surface area (TPSA) is 78.0 Å². The molecule has 0 radical (unpaired) electrons. The number of hydrogen-bond donors (Lipinski definition) is 0. The summed E-state index contributed by atoms with van der Waals surface area (Å²) in [5, 5.41) is 0. The molecule has 2 aromatic carbocycles. The van der Waals surface area contributed by atoms with Crippen LogP contribution in [0.2, 0.25) is 0 Å². The van der Waals surface area contributed by atoms with Gasteiger partial charge in [-0.05, 0) is 50.1 Å². The van der Waals surface area contributed by atoms with Crippen molar-refractivity contribution in [2.75, 3.05) is 35.2 Å². The molecule has 0 saturated carbocycles. The maximum absolute atomic E-state index is 13.6. The fourth-order valence-corrected chi connectivity index (χ4v) is 7.59. The highest BCUT2D eigenvalue weighted by molar-refractivity contribution is 8.02. The molecule has 0 bridgehead atoms. The Bertz CT molecular complexity index is 1160. The van der Waals surface area contributed by atoms with Crippen molar-refractivity contribution in [2.45, 2.75) is 29.5 Å². The van der Waals surface area contributed by atoms with Gasteiger partial charge in [-0.2, -0.15) is 4.31 Å². The molecular formula is C22H23N3O4S2. The second-order valence-corrected chi connectivity index (χ2v) is 10.9. The van der Waals surface area contributed by atoms with E-state index in [0.717, 1.165) is 24.1 Å². The lowest BCUT2D eigenvalue weighted by molar-refractivity contribution is -0.123. The molecule has 31 heavy (non-hydrogen) atoms. The Labute approximate surface area is 186 Å². The summed E-state index contributed by atoms with van der Waals surface area (Å²) < 4.78 is 27.2. The minimum absolute atomic E-state index is 0.138. The summed E-state index contributed by atoms with van der Waals surface area (Å²) in [4.78, 5) is 28.8. The molecule has 3 aliphatic rings. The number of amides is 2. The number of anilines is 2. The summed E-state index contributed by atoms with van der Waals surface area (Å²) >= 11 is 1.32. The molecule has 1 spiro atoms. The number of para-hydroxylation sites is 1. The maximum Gasteiger partial charge on any atom is 0.268 e. The Kier molecular flexibility index (Phi) is 4.87. The van der Waals surface area contributed by atoms with Gasteiger partial charge in [0.05, 0.1) is 16.3 Å². The van der Waals surface area contributed by atoms with E-state index in [1.165, 1.54) is 28.2 Å². The summed E-state index contributed by atoms with van der Waals surface area (Å²) in [6.07, 6.45) is 1.74. The second-order valence-electron chi connectivity index (χ2n) is 7.83. The zero-order valence-corrected chi connectivity index (χ0v) is 18.8. The molecule has 3 aliphatic heterocycles. The van der Waals surface area contributed by atoms with Gasteiger partial charge in [0, 0.05) is 30.9 Å². The lowest BCUT2D eigenvalue weighted by atomic mass is 10.0. The van der Waals surface area contributed by atoms with Crippen molar-refractivity contribution >= 4 is 45.0 Å². The van der Waals surface area contributed by atoms with Crippen molar-refractivity contribution in [3.8, 4) is 0 Å². The maximum atomic E-state index is 13.6. The summed E-state index contributed by atoms with van der Waals surface area (Å²) in [6, 6.07) is 13.9. The molecule has 2 saturated heterocycles. The normalized spacial score (nSPS) is 23.9. The number of benzene rings is 2. The predicted octanol–water partition coefficient (Wildman–Crippen LogP) is 2.77. The molecule has 0 aliphatic carbocycles. The standard InChI is InChI=1S/C22H23N3O4S2/c1-2-24-19-8-4-3-7-18(19)22(21(24)27)25(20(26)15-30-22)16-9-11-17(12-10-16)31(28,29)23-13-5-6-14-23/h3-4,7-12H,2,5-6,13-15H2,1H3. The lowest BCUT2D eigenvalue weighted by Gasteiger charge is -2.33. The number of rotatable bonds is 4. The lowest BCUT2D eigenvalue weighted by Crippen LogP contribution is -2.49. The fraction of sp³-hybridized carbons (Fsp3) is 0.364. The molecule has 2 fully saturated rings. The summed E-state index contributed by atoms with van der Waals surface area (Å²) in [5.74, 6) is -0.118. The average Bonchev–Trinajstić information content (AvgIpc) is 3.48. The van der Waals surface area contributed by atoms with Gasteiger partial charge in [-0.15, -0.1) is 11.8 Å². The molecule has 5 rings (SSSR count). The van der Waals surface area contributed by atoms with Gasteiger partial charge in [0.15, 0.2) is 0 Å². The number of likely N-dealkylation sites (N-methyl/N-ethyl adjacent to an activating group) is 1. The molecule has 7 nitrogen and oxygen atoms in total. The number of sulfonamides is 1. The zero-order chi connectivity index (χ0) is 21.8. The number of carbonyl (C=O) groups excluding carboxylic acids is 2. The second kappa shape index (κ2) is 7.36. The zero-order valence-electron chi connectivity index (χ0n) is 17.2. The van der Waals surface area contributed by atoms with Crippen molar-refractivity contribution in [1.82, 2.24) is 4.31 Å². The first-order chi connectivity index (χ1) is 14.9. The smallest absolute Gasteiger partial charge is 0.268 e. The number of nitrogens with zero attached hydrogens (tertiary/aromatic N) is 3. The predicted molar refractivity (Wildman–Crippen MR) is 121 cm³/mol. The first-order valence-corrected chi connectivity index (χ1v) is 12.8. The van der Waals surface area contributed by atoms with E-state index >= 15 is 0 Å². The van der Waals surface area contributed by atoms with Crippen molar-refractivity contribution in [1.29, 1.82) is 0 Å². The van der Waals surface area contributed by atoms with Crippen LogP contribution in [0.4, 0.5) is 11.4 Å². The monoisotopic (exact) mass is 457 g/mol. The van der Waals surface area contributed by atoms with Crippen LogP contribution in [0.3, 0.4) is 0 Å². The number of fused-ring (bicyclic) bond motifs is 2. The van der Waals surface area contributed by atoms with Gasteiger partial charge < -0.3 is 4.90 Å². The van der Waals surface area contributed by atoms with Crippen molar-refractivity contribution in [3.63, 3.8) is 0 Å². The van der Waals surface area contributed by atoms with Gasteiger partial charge in [0.2, 0.25) is 20.8 Å². The highest BCUT2D eigenvalue weighted by Crippen LogP contribution is 2.55. The summed E-state index contributed by atoms with van der Waals surface area (Å²) in [5.41, 5.74) is 2.14. The van der Waals surface area contributed by atoms with Gasteiger partial charge in [0.1, 0.15) is 0 Å². The van der Waals surface area contributed by atoms with Gasteiger partial charge in [0.25, 0.3) is 5.91 Å². The van der Waals surface area contributed by atoms with E-state index in [0.29, 0.717) is 25.3 Å². The minimum Gasteiger partial charge on any atom is -0.309 e. The van der Waals surface area contributed by atoms with E-state index in [1.54, 1.807) is 21.9 Å². The van der Waals surface area contributed by atoms with Crippen LogP contribution >= 0.6 is 11.8 Å². The van der Waals surface area contributed by atoms with Crippen molar-refractivity contribution < 1.29 is 18.0 Å². The molecule has 0 aromatic heterocycles. The van der Waals surface area contributed by atoms with Gasteiger partial charge in [-0.3, -0.25) is 14.5 Å². The average molecular weight is 458 g/mol. The van der Waals surface area contributed by atoms with Crippen molar-refractivity contribution in [2.24, 2.45) is 0 Å². The molecule has 1 unspecified atom stereocenters. The number of thioether (sulfide) groups is 1. The first-order valence-electron chi connectivity index (χ1n) is 10.4. The third-order valence-electron chi connectivity index (χ3n) is 6.18. The Balaban J connectivity index is 1.57. The molecule has 2 amide bonds. The highest BCUT2D eigenvalue weighted by atomic mass is 32.2. The number of carbonyl (C=O) groups is 2. The molecule has 3 heterocycles. The fourth-order valence-electron chi connectivity index (χ4n) is 4.71. The SMILES string of the molecule is CCN1C(=O)C2(SCC(=O)N2c2ccc(S(=O)(=O)N3CCCC3)cc2)c2ccccc21. The summed E-state index contributed by atoms with van der Waals surface area (Å²) in [6.45, 7) is 3.49. The van der Waals surface area contributed by atoms with E-state index in [2.05, 4.69) is 0 Å². The van der Waals surface area contributed by atoms with Crippen molar-refractivity contribution in [3.05, 3.63) is 54.1 Å². The molecule has 9 heteroatoms. The van der Waals surface area contributed by atoms with Gasteiger partial charge in [-0.1, -0.05) is 18.2 Å². The van der Waals surface area contributed by atoms with Crippen LogP contribution in [-0.2, 0) is 24.5 Å². The van der Waals surface area contributed by atoms with Gasteiger partial charge >= 0.3 is 0 Å². The molecule has 0 N–H and O–H groups in total. The van der Waals surface area contributed by atoms with Crippen LogP contribution in [0.15, 0.2) is 53.4 Å². The van der Waals surface area contributed by atoms with E-state index in [9.17, 15) is 18.0 Å². The summed E-state index contributed by atoms with van der Waals surface area (Å²) in [7, 11) is -3.54. The Hall–Kier alpha value is -2.36. The minimum atomic E-state index is -3.54. The van der Waals surface area contributed by atoms with Crippen LogP contribution < -0.4 is 9.80 Å². The third kappa shape index (κ3) is 2.86. The van der Waals surface area contributed by atoms with E-state index < -0.39 is 14.9 Å². The Morgan fingerprint density at radius 3 is 2.35 bits per heavy atom. The van der Waals surface area contributed by atoms with Crippen LogP contribution in [-0.4, -0.2) is 49.9 Å². The molecule has 1 atom stereocenters. The van der Waals surface area contributed by atoms with Crippen LogP contribution in [0, 0.1) is 0 Å². The first kappa shape index (κ1) is 20.5. The third-order valence-corrected chi connectivity index (χ3v) is 9.48. The molecule has 162 valence electrons. The van der Waals surface area contributed by atoms with Crippen LogP contribution in [0.1, 0.15) is 25.3 Å². The number of hydrogen-bond acceptors (Lipinski definition) is 5. The van der Waals surface area contributed by atoms with Crippen LogP contribution in [0.25, 0.3) is 0 Å². The quantitative estimate of drug-likeness (QED) is 0.706. The van der Waals surface area contributed by atoms with Crippen LogP contribution in [0.5, 0.6) is 0 Å². The van der Waals surface area contributed by atoms with E-state index in [-0.39, 0.29) is 22.5 Å². The Morgan fingerprint density at radius 1 is 1.00 bits per heavy atom. The highest BCUT2D eigenvalue weighted by Gasteiger charge is 2.60. The van der Waals surface area contributed by atoms with E-state index in [4.69, 9.17) is 0 Å². The van der Waals surface area contributed by atoms with E-state index in [1.807, 2.05) is 31.2 Å².